The zero-order valence-electron chi connectivity index (χ0n) is 10.6. The lowest BCUT2D eigenvalue weighted by molar-refractivity contribution is 0.0586. The fourth-order valence-corrected chi connectivity index (χ4v) is 2.26. The summed E-state index contributed by atoms with van der Waals surface area (Å²) in [7, 11) is 3.05. The molecule has 0 saturated heterocycles. The number of nitrogens with zero attached hydrogens (tertiary/aromatic N) is 2. The average molecular weight is 302 g/mol. The van der Waals surface area contributed by atoms with Crippen molar-refractivity contribution in [2.75, 3.05) is 19.5 Å². The lowest BCUT2D eigenvalue weighted by Crippen LogP contribution is -2.20. The number of carbonyl (C=O) groups excluding carboxylic acids is 1. The number of hydrogen-bond acceptors (Lipinski definition) is 5. The summed E-state index contributed by atoms with van der Waals surface area (Å²) in [5.74, 6) is 0.0924. The Hall–Kier alpha value is -1.17. The zero-order valence-corrected chi connectivity index (χ0v) is 12.2. The Labute approximate surface area is 109 Å². The molecular formula is C11H16BrN3O2. The number of carbonyl (C=O) groups is 1. The van der Waals surface area contributed by atoms with E-state index in [4.69, 9.17) is 0 Å². The van der Waals surface area contributed by atoms with Crippen molar-refractivity contribution in [1.82, 2.24) is 9.97 Å². The monoisotopic (exact) mass is 301 g/mol. The fraction of sp³-hybridized carbons (Fsp3) is 0.545. The molecule has 1 aromatic rings. The summed E-state index contributed by atoms with van der Waals surface area (Å²) in [6.45, 7) is 6.04. The van der Waals surface area contributed by atoms with Gasteiger partial charge in [0.05, 0.1) is 17.3 Å². The number of esters is 1. The molecule has 6 heteroatoms. The Balaban J connectivity index is 3.44. The van der Waals surface area contributed by atoms with Gasteiger partial charge in [-0.1, -0.05) is 20.8 Å². The molecule has 17 heavy (non-hydrogen) atoms. The number of methoxy groups -OCH3 is 1. The van der Waals surface area contributed by atoms with Gasteiger partial charge in [0.2, 0.25) is 5.82 Å². The maximum absolute atomic E-state index is 11.5. The minimum Gasteiger partial charge on any atom is -0.463 e. The van der Waals surface area contributed by atoms with Crippen LogP contribution in [0.25, 0.3) is 0 Å². The van der Waals surface area contributed by atoms with Crippen LogP contribution < -0.4 is 5.32 Å². The third kappa shape index (κ3) is 2.94. The standard InChI is InChI=1S/C11H16BrN3O2/c1-11(2,3)7-6(12)8(13-4)15-9(14-7)10(16)17-5/h1-5H3,(H,13,14,15). The summed E-state index contributed by atoms with van der Waals surface area (Å²) >= 11 is 3.44. The van der Waals surface area contributed by atoms with Crippen molar-refractivity contribution in [3.8, 4) is 0 Å². The molecule has 5 nitrogen and oxygen atoms in total. The molecule has 0 amide bonds. The van der Waals surface area contributed by atoms with Crippen LogP contribution in [0, 0.1) is 0 Å². The number of anilines is 1. The van der Waals surface area contributed by atoms with Crippen LogP contribution in [-0.2, 0) is 10.2 Å². The number of aromatic nitrogens is 2. The Bertz CT molecular complexity index is 441. The second-order valence-electron chi connectivity index (χ2n) is 4.55. The van der Waals surface area contributed by atoms with E-state index in [1.165, 1.54) is 7.11 Å². The maximum Gasteiger partial charge on any atom is 0.376 e. The van der Waals surface area contributed by atoms with Gasteiger partial charge >= 0.3 is 5.97 Å². The van der Waals surface area contributed by atoms with Gasteiger partial charge in [-0.15, -0.1) is 0 Å². The van der Waals surface area contributed by atoms with Crippen molar-refractivity contribution in [2.45, 2.75) is 26.2 Å². The highest BCUT2D eigenvalue weighted by molar-refractivity contribution is 9.10. The van der Waals surface area contributed by atoms with Crippen molar-refractivity contribution in [3.63, 3.8) is 0 Å². The van der Waals surface area contributed by atoms with E-state index in [-0.39, 0.29) is 11.2 Å². The van der Waals surface area contributed by atoms with Crippen molar-refractivity contribution >= 4 is 27.7 Å². The zero-order chi connectivity index (χ0) is 13.2. The Morgan fingerprint density at radius 1 is 1.35 bits per heavy atom. The minimum atomic E-state index is -0.542. The molecule has 0 aromatic carbocycles. The van der Waals surface area contributed by atoms with Gasteiger partial charge in [0.15, 0.2) is 0 Å². The maximum atomic E-state index is 11.5. The van der Waals surface area contributed by atoms with Crippen molar-refractivity contribution in [1.29, 1.82) is 0 Å². The second-order valence-corrected chi connectivity index (χ2v) is 5.34. The smallest absolute Gasteiger partial charge is 0.376 e. The van der Waals surface area contributed by atoms with Crippen LogP contribution in [0.15, 0.2) is 4.47 Å². The number of rotatable bonds is 2. The first kappa shape index (κ1) is 13.9. The molecule has 0 aliphatic carbocycles. The topological polar surface area (TPSA) is 64.1 Å². The third-order valence-electron chi connectivity index (χ3n) is 2.17. The minimum absolute atomic E-state index is 0.0602. The Kier molecular flexibility index (Phi) is 4.08. The predicted octanol–water partition coefficient (Wildman–Crippen LogP) is 2.36. The summed E-state index contributed by atoms with van der Waals surface area (Å²) in [5, 5.41) is 2.92. The van der Waals surface area contributed by atoms with E-state index < -0.39 is 5.97 Å². The summed E-state index contributed by atoms with van der Waals surface area (Å²) < 4.78 is 5.40. The molecule has 0 aliphatic rings. The second kappa shape index (κ2) is 5.00. The molecule has 0 atom stereocenters. The van der Waals surface area contributed by atoms with Gasteiger partial charge in [-0.3, -0.25) is 0 Å². The summed E-state index contributed by atoms with van der Waals surface area (Å²) in [5.41, 5.74) is 0.563. The third-order valence-corrected chi connectivity index (χ3v) is 2.92. The lowest BCUT2D eigenvalue weighted by Gasteiger charge is -2.21. The van der Waals surface area contributed by atoms with E-state index in [9.17, 15) is 4.79 Å². The quantitative estimate of drug-likeness (QED) is 0.850. The van der Waals surface area contributed by atoms with E-state index in [1.807, 2.05) is 20.8 Å². The van der Waals surface area contributed by atoms with Crippen LogP contribution in [0.5, 0.6) is 0 Å². The summed E-state index contributed by atoms with van der Waals surface area (Å²) in [6, 6.07) is 0. The number of ether oxygens (including phenoxy) is 1. The summed E-state index contributed by atoms with van der Waals surface area (Å²) in [6.07, 6.45) is 0. The van der Waals surface area contributed by atoms with Crippen LogP contribution in [0.4, 0.5) is 5.82 Å². The van der Waals surface area contributed by atoms with Gasteiger partial charge in [-0.05, 0) is 15.9 Å². The molecule has 1 aromatic heterocycles. The molecule has 0 aliphatic heterocycles. The van der Waals surface area contributed by atoms with Crippen molar-refractivity contribution in [3.05, 3.63) is 16.0 Å². The van der Waals surface area contributed by atoms with Gasteiger partial charge in [0, 0.05) is 12.5 Å². The SMILES string of the molecule is CNc1nc(C(=O)OC)nc(C(C)(C)C)c1Br. The van der Waals surface area contributed by atoms with E-state index in [1.54, 1.807) is 7.05 Å². The highest BCUT2D eigenvalue weighted by atomic mass is 79.9. The molecular weight excluding hydrogens is 286 g/mol. The number of nitrogens with one attached hydrogen (secondary N) is 1. The molecule has 94 valence electrons. The van der Waals surface area contributed by atoms with E-state index >= 15 is 0 Å². The normalized spacial score (nSPS) is 11.2. The molecule has 1 N–H and O–H groups in total. The molecule has 0 unspecified atom stereocenters. The van der Waals surface area contributed by atoms with Crippen LogP contribution in [-0.4, -0.2) is 30.1 Å². The fourth-order valence-electron chi connectivity index (χ4n) is 1.29. The number of halogens is 1. The van der Waals surface area contributed by atoms with Gasteiger partial charge in [0.1, 0.15) is 5.82 Å². The predicted molar refractivity (Wildman–Crippen MR) is 69.3 cm³/mol. The van der Waals surface area contributed by atoms with Crippen LogP contribution in [0.2, 0.25) is 0 Å². The van der Waals surface area contributed by atoms with Gasteiger partial charge < -0.3 is 10.1 Å². The van der Waals surface area contributed by atoms with Crippen LogP contribution in [0.1, 0.15) is 37.1 Å². The van der Waals surface area contributed by atoms with Crippen molar-refractivity contribution < 1.29 is 9.53 Å². The van der Waals surface area contributed by atoms with E-state index in [0.717, 1.165) is 10.2 Å². The molecule has 1 rings (SSSR count). The first-order valence-corrected chi connectivity index (χ1v) is 5.94. The largest absolute Gasteiger partial charge is 0.463 e. The molecule has 0 spiro atoms. The first-order valence-electron chi connectivity index (χ1n) is 5.15. The van der Waals surface area contributed by atoms with Crippen molar-refractivity contribution in [2.24, 2.45) is 0 Å². The van der Waals surface area contributed by atoms with Gasteiger partial charge in [0.25, 0.3) is 0 Å². The summed E-state index contributed by atoms with van der Waals surface area (Å²) in [4.78, 5) is 19.8. The molecule has 1 heterocycles. The molecule has 0 fully saturated rings. The highest BCUT2D eigenvalue weighted by Gasteiger charge is 2.25. The molecule has 0 saturated carbocycles. The van der Waals surface area contributed by atoms with Crippen LogP contribution in [0.3, 0.4) is 0 Å². The molecule has 0 radical (unpaired) electrons. The number of hydrogen-bond donors (Lipinski definition) is 1. The van der Waals surface area contributed by atoms with Gasteiger partial charge in [-0.2, -0.15) is 0 Å². The van der Waals surface area contributed by atoms with Crippen LogP contribution >= 0.6 is 15.9 Å². The Morgan fingerprint density at radius 2 is 1.94 bits per heavy atom. The first-order chi connectivity index (χ1) is 7.81. The lowest BCUT2D eigenvalue weighted by atomic mass is 9.92. The van der Waals surface area contributed by atoms with E-state index in [2.05, 4.69) is 36.0 Å². The highest BCUT2D eigenvalue weighted by Crippen LogP contribution is 2.32. The van der Waals surface area contributed by atoms with Gasteiger partial charge in [-0.25, -0.2) is 14.8 Å². The van der Waals surface area contributed by atoms with E-state index in [0.29, 0.717) is 5.82 Å². The average Bonchev–Trinajstić information content (AvgIpc) is 2.26. The Morgan fingerprint density at radius 3 is 2.35 bits per heavy atom. The molecule has 0 bridgehead atoms.